The molecule has 0 aliphatic heterocycles. The highest BCUT2D eigenvalue weighted by molar-refractivity contribution is 6.33. The van der Waals surface area contributed by atoms with Gasteiger partial charge in [-0.15, -0.1) is 0 Å². The van der Waals surface area contributed by atoms with Crippen LogP contribution in [0.25, 0.3) is 11.0 Å². The zero-order chi connectivity index (χ0) is 19.6. The summed E-state index contributed by atoms with van der Waals surface area (Å²) in [6.07, 6.45) is 0.550. The largest absolute Gasteiger partial charge is 0.493 e. The summed E-state index contributed by atoms with van der Waals surface area (Å²) in [5, 5.41) is 10.0. The van der Waals surface area contributed by atoms with Crippen molar-refractivity contribution < 1.29 is 14.6 Å². The van der Waals surface area contributed by atoms with Crippen molar-refractivity contribution in [3.05, 3.63) is 57.3 Å². The lowest BCUT2D eigenvalue weighted by Gasteiger charge is -2.11. The van der Waals surface area contributed by atoms with Crippen LogP contribution in [0.15, 0.2) is 30.3 Å². The Labute approximate surface area is 167 Å². The average molecular weight is 407 g/mol. The Hall–Kier alpha value is -2.24. The second-order valence-corrected chi connectivity index (χ2v) is 7.28. The molecule has 142 valence electrons. The van der Waals surface area contributed by atoms with Crippen LogP contribution in [0, 0.1) is 13.8 Å². The van der Waals surface area contributed by atoms with Gasteiger partial charge in [0.2, 0.25) is 0 Å². The highest BCUT2D eigenvalue weighted by Crippen LogP contribution is 2.28. The van der Waals surface area contributed by atoms with Crippen LogP contribution in [0.1, 0.15) is 29.8 Å². The minimum absolute atomic E-state index is 0.0888. The molecule has 0 saturated carbocycles. The van der Waals surface area contributed by atoms with Crippen LogP contribution in [0.2, 0.25) is 10.0 Å². The van der Waals surface area contributed by atoms with Crippen LogP contribution >= 0.6 is 23.2 Å². The summed E-state index contributed by atoms with van der Waals surface area (Å²) in [6.45, 7) is 4.83. The number of rotatable bonds is 7. The summed E-state index contributed by atoms with van der Waals surface area (Å²) in [6, 6.07) is 9.26. The van der Waals surface area contributed by atoms with E-state index >= 15 is 0 Å². The van der Waals surface area contributed by atoms with E-state index in [9.17, 15) is 4.79 Å². The van der Waals surface area contributed by atoms with E-state index in [-0.39, 0.29) is 6.42 Å². The lowest BCUT2D eigenvalue weighted by molar-refractivity contribution is -0.137. The predicted octanol–water partition coefficient (Wildman–Crippen LogP) is 5.25. The molecule has 2 aromatic carbocycles. The van der Waals surface area contributed by atoms with Gasteiger partial charge in [0, 0.05) is 22.5 Å². The number of benzene rings is 2. The van der Waals surface area contributed by atoms with E-state index in [1.54, 1.807) is 12.1 Å². The monoisotopic (exact) mass is 406 g/mol. The molecule has 7 heteroatoms. The smallest absolute Gasteiger partial charge is 0.303 e. The van der Waals surface area contributed by atoms with E-state index in [2.05, 4.69) is 9.55 Å². The van der Waals surface area contributed by atoms with Crippen molar-refractivity contribution in [3.63, 3.8) is 0 Å². The Morgan fingerprint density at radius 3 is 2.74 bits per heavy atom. The number of aryl methyl sites for hydroxylation is 2. The summed E-state index contributed by atoms with van der Waals surface area (Å²) in [5.41, 5.74) is 3.76. The third-order valence-electron chi connectivity index (χ3n) is 4.35. The second kappa shape index (κ2) is 8.19. The van der Waals surface area contributed by atoms with Crippen LogP contribution in [0.5, 0.6) is 5.75 Å². The number of fused-ring (bicyclic) bond motifs is 1. The molecule has 0 bridgehead atoms. The van der Waals surface area contributed by atoms with Crippen LogP contribution in [0.4, 0.5) is 0 Å². The number of hydrogen-bond donors (Lipinski definition) is 1. The number of nitrogens with zero attached hydrogens (tertiary/aromatic N) is 2. The molecule has 1 aromatic heterocycles. The van der Waals surface area contributed by atoms with Gasteiger partial charge in [-0.2, -0.15) is 0 Å². The molecule has 3 aromatic rings. The van der Waals surface area contributed by atoms with Gasteiger partial charge in [0.1, 0.15) is 11.6 Å². The minimum Gasteiger partial charge on any atom is -0.493 e. The van der Waals surface area contributed by atoms with E-state index in [1.165, 1.54) is 0 Å². The third kappa shape index (κ3) is 4.54. The van der Waals surface area contributed by atoms with Crippen molar-refractivity contribution in [1.82, 2.24) is 9.55 Å². The molecular formula is C20H20Cl2N2O3. The maximum atomic E-state index is 10.6. The first-order valence-electron chi connectivity index (χ1n) is 8.61. The maximum absolute atomic E-state index is 10.6. The van der Waals surface area contributed by atoms with E-state index in [1.807, 2.05) is 32.0 Å². The number of aromatic nitrogens is 2. The van der Waals surface area contributed by atoms with E-state index < -0.39 is 5.97 Å². The SMILES string of the molecule is Cc1cc(OCCCC(=O)O)cc2c1nc(C)n2Cc1cc(Cl)ccc1Cl. The van der Waals surface area contributed by atoms with E-state index in [0.29, 0.717) is 35.4 Å². The summed E-state index contributed by atoms with van der Waals surface area (Å²) in [4.78, 5) is 15.3. The molecule has 27 heavy (non-hydrogen) atoms. The van der Waals surface area contributed by atoms with Crippen LogP contribution in [-0.2, 0) is 11.3 Å². The summed E-state index contributed by atoms with van der Waals surface area (Å²) < 4.78 is 7.82. The van der Waals surface area contributed by atoms with Crippen molar-refractivity contribution in [1.29, 1.82) is 0 Å². The van der Waals surface area contributed by atoms with E-state index in [4.69, 9.17) is 33.0 Å². The van der Waals surface area contributed by atoms with Crippen LogP contribution in [-0.4, -0.2) is 27.2 Å². The Morgan fingerprint density at radius 1 is 1.22 bits per heavy atom. The van der Waals surface area contributed by atoms with Gasteiger partial charge in [0.25, 0.3) is 0 Å². The molecule has 3 rings (SSSR count). The quantitative estimate of drug-likeness (QED) is 0.544. The van der Waals surface area contributed by atoms with Gasteiger partial charge in [-0.3, -0.25) is 4.79 Å². The van der Waals surface area contributed by atoms with Gasteiger partial charge in [-0.1, -0.05) is 23.2 Å². The molecule has 5 nitrogen and oxygen atoms in total. The summed E-state index contributed by atoms with van der Waals surface area (Å²) >= 11 is 12.4. The Kier molecular flexibility index (Phi) is 5.92. The molecule has 0 atom stereocenters. The average Bonchev–Trinajstić information content (AvgIpc) is 2.91. The zero-order valence-corrected chi connectivity index (χ0v) is 16.6. The van der Waals surface area contributed by atoms with Crippen molar-refractivity contribution in [2.75, 3.05) is 6.61 Å². The van der Waals surface area contributed by atoms with Crippen LogP contribution in [0.3, 0.4) is 0 Å². The molecule has 0 amide bonds. The van der Waals surface area contributed by atoms with Crippen molar-refractivity contribution in [2.45, 2.75) is 33.2 Å². The van der Waals surface area contributed by atoms with Gasteiger partial charge < -0.3 is 14.4 Å². The molecule has 0 spiro atoms. The number of hydrogen-bond acceptors (Lipinski definition) is 3. The standard InChI is InChI=1S/C20H20Cl2N2O3/c1-12-8-16(27-7-3-4-19(25)26)10-18-20(12)23-13(2)24(18)11-14-9-15(21)5-6-17(14)22/h5-6,8-10H,3-4,7,11H2,1-2H3,(H,25,26). The Balaban J connectivity index is 1.92. The number of aliphatic carboxylic acids is 1. The van der Waals surface area contributed by atoms with Gasteiger partial charge in [0.15, 0.2) is 0 Å². The van der Waals surface area contributed by atoms with Gasteiger partial charge in [-0.25, -0.2) is 4.98 Å². The number of imidazole rings is 1. The first-order valence-corrected chi connectivity index (χ1v) is 9.36. The lowest BCUT2D eigenvalue weighted by atomic mass is 10.2. The molecule has 0 unspecified atom stereocenters. The molecule has 0 saturated heterocycles. The van der Waals surface area contributed by atoms with E-state index in [0.717, 1.165) is 28.0 Å². The normalized spacial score (nSPS) is 11.1. The number of carbonyl (C=O) groups is 1. The highest BCUT2D eigenvalue weighted by Gasteiger charge is 2.13. The van der Waals surface area contributed by atoms with Crippen LogP contribution < -0.4 is 4.74 Å². The first kappa shape index (κ1) is 19.5. The number of ether oxygens (including phenoxy) is 1. The number of carboxylic acid groups (broad SMARTS) is 1. The fourth-order valence-electron chi connectivity index (χ4n) is 3.01. The molecule has 0 aliphatic carbocycles. The molecule has 0 aliphatic rings. The Bertz CT molecular complexity index is 999. The molecule has 1 N–H and O–H groups in total. The van der Waals surface area contributed by atoms with Crippen molar-refractivity contribution in [2.24, 2.45) is 0 Å². The van der Waals surface area contributed by atoms with Gasteiger partial charge >= 0.3 is 5.97 Å². The topological polar surface area (TPSA) is 64.3 Å². The molecule has 0 fully saturated rings. The first-order chi connectivity index (χ1) is 12.8. The molecule has 1 heterocycles. The highest BCUT2D eigenvalue weighted by atomic mass is 35.5. The fraction of sp³-hybridized carbons (Fsp3) is 0.300. The van der Waals surface area contributed by atoms with Crippen molar-refractivity contribution >= 4 is 40.2 Å². The fourth-order valence-corrected chi connectivity index (χ4v) is 3.38. The zero-order valence-electron chi connectivity index (χ0n) is 15.1. The third-order valence-corrected chi connectivity index (χ3v) is 4.95. The Morgan fingerprint density at radius 2 is 2.00 bits per heavy atom. The summed E-state index contributed by atoms with van der Waals surface area (Å²) in [5.74, 6) is 0.744. The lowest BCUT2D eigenvalue weighted by Crippen LogP contribution is -2.04. The van der Waals surface area contributed by atoms with Gasteiger partial charge in [-0.05, 0) is 55.7 Å². The maximum Gasteiger partial charge on any atom is 0.303 e. The molecule has 0 radical (unpaired) electrons. The summed E-state index contributed by atoms with van der Waals surface area (Å²) in [7, 11) is 0. The number of carboxylic acids is 1. The van der Waals surface area contributed by atoms with Gasteiger partial charge in [0.05, 0.1) is 24.2 Å². The number of halogens is 2. The minimum atomic E-state index is -0.822. The predicted molar refractivity (Wildman–Crippen MR) is 107 cm³/mol. The second-order valence-electron chi connectivity index (χ2n) is 6.43. The van der Waals surface area contributed by atoms with Crippen molar-refractivity contribution in [3.8, 4) is 5.75 Å². The molecular weight excluding hydrogens is 387 g/mol.